The molecular weight excluding hydrogens is 290 g/mol. The summed E-state index contributed by atoms with van der Waals surface area (Å²) in [6.45, 7) is 2.77. The van der Waals surface area contributed by atoms with Crippen molar-refractivity contribution in [3.63, 3.8) is 0 Å². The topological polar surface area (TPSA) is 73.5 Å². The number of aromatic nitrogens is 6. The molecule has 0 aliphatic carbocycles. The standard InChI is InChI=1S/C16H19N7/c1-2-6-16(23-12-18-11-19-23)14(4-1)9-22-10-15(20-21-22)13-5-3-7-17-8-13/h1-2,4,6,10-13,17H,3,5,7-9H2. The molecule has 1 unspecified atom stereocenters. The number of hydrogen-bond donors (Lipinski definition) is 1. The molecule has 0 radical (unpaired) electrons. The molecule has 1 N–H and O–H groups in total. The Morgan fingerprint density at radius 1 is 1.26 bits per heavy atom. The van der Waals surface area contributed by atoms with E-state index in [9.17, 15) is 0 Å². The maximum Gasteiger partial charge on any atom is 0.138 e. The fourth-order valence-corrected chi connectivity index (χ4v) is 3.06. The molecule has 4 rings (SSSR count). The van der Waals surface area contributed by atoms with Crippen molar-refractivity contribution in [2.45, 2.75) is 25.3 Å². The van der Waals surface area contributed by atoms with E-state index in [1.54, 1.807) is 17.3 Å². The minimum Gasteiger partial charge on any atom is -0.316 e. The first-order valence-electron chi connectivity index (χ1n) is 7.94. The van der Waals surface area contributed by atoms with Crippen molar-refractivity contribution in [1.29, 1.82) is 0 Å². The van der Waals surface area contributed by atoms with E-state index in [-0.39, 0.29) is 0 Å². The van der Waals surface area contributed by atoms with Crippen molar-refractivity contribution in [3.8, 4) is 5.69 Å². The first-order chi connectivity index (χ1) is 11.4. The average Bonchev–Trinajstić information content (AvgIpc) is 3.28. The number of piperidine rings is 1. The Bertz CT molecular complexity index is 756. The quantitative estimate of drug-likeness (QED) is 0.788. The van der Waals surface area contributed by atoms with Gasteiger partial charge in [0, 0.05) is 18.7 Å². The molecule has 23 heavy (non-hydrogen) atoms. The Kier molecular flexibility index (Phi) is 3.85. The van der Waals surface area contributed by atoms with Gasteiger partial charge in [0.25, 0.3) is 0 Å². The molecule has 0 spiro atoms. The van der Waals surface area contributed by atoms with E-state index in [2.05, 4.69) is 38.0 Å². The lowest BCUT2D eigenvalue weighted by molar-refractivity contribution is 0.454. The second-order valence-corrected chi connectivity index (χ2v) is 5.85. The first-order valence-corrected chi connectivity index (χ1v) is 7.94. The molecule has 3 aromatic rings. The van der Waals surface area contributed by atoms with Gasteiger partial charge in [0.15, 0.2) is 0 Å². The zero-order chi connectivity index (χ0) is 15.5. The van der Waals surface area contributed by atoms with Gasteiger partial charge in [-0.25, -0.2) is 14.3 Å². The van der Waals surface area contributed by atoms with E-state index in [1.165, 1.54) is 12.8 Å². The minimum absolute atomic E-state index is 0.475. The van der Waals surface area contributed by atoms with Gasteiger partial charge in [-0.1, -0.05) is 23.4 Å². The van der Waals surface area contributed by atoms with Crippen molar-refractivity contribution in [2.75, 3.05) is 13.1 Å². The summed E-state index contributed by atoms with van der Waals surface area (Å²) in [7, 11) is 0. The van der Waals surface area contributed by atoms with E-state index in [1.807, 2.05) is 22.9 Å². The van der Waals surface area contributed by atoms with Gasteiger partial charge in [-0.2, -0.15) is 5.10 Å². The van der Waals surface area contributed by atoms with E-state index >= 15 is 0 Å². The van der Waals surface area contributed by atoms with Crippen molar-refractivity contribution >= 4 is 0 Å². The van der Waals surface area contributed by atoms with Gasteiger partial charge in [0.2, 0.25) is 0 Å². The summed E-state index contributed by atoms with van der Waals surface area (Å²) >= 11 is 0. The number of para-hydroxylation sites is 1. The van der Waals surface area contributed by atoms with Crippen molar-refractivity contribution in [2.24, 2.45) is 0 Å². The van der Waals surface area contributed by atoms with Crippen molar-refractivity contribution < 1.29 is 0 Å². The van der Waals surface area contributed by atoms with Gasteiger partial charge >= 0.3 is 0 Å². The van der Waals surface area contributed by atoms with Gasteiger partial charge < -0.3 is 5.32 Å². The fourth-order valence-electron chi connectivity index (χ4n) is 3.06. The van der Waals surface area contributed by atoms with Crippen LogP contribution in [0.2, 0.25) is 0 Å². The zero-order valence-electron chi connectivity index (χ0n) is 12.8. The highest BCUT2D eigenvalue weighted by atomic mass is 15.4. The second kappa shape index (κ2) is 6.29. The van der Waals surface area contributed by atoms with Crippen molar-refractivity contribution in [1.82, 2.24) is 35.1 Å². The third-order valence-corrected chi connectivity index (χ3v) is 4.26. The van der Waals surface area contributed by atoms with E-state index in [4.69, 9.17) is 0 Å². The SMILES string of the molecule is c1ccc(-n2cncn2)c(Cn2cc(C3CCCNC3)nn2)c1. The normalized spacial score (nSPS) is 18.2. The molecule has 7 heteroatoms. The predicted molar refractivity (Wildman–Crippen MR) is 85.3 cm³/mol. The van der Waals surface area contributed by atoms with Crippen LogP contribution >= 0.6 is 0 Å². The highest BCUT2D eigenvalue weighted by Gasteiger charge is 2.18. The average molecular weight is 309 g/mol. The van der Waals surface area contributed by atoms with Gasteiger partial charge in [0.05, 0.1) is 17.9 Å². The fraction of sp³-hybridized carbons (Fsp3) is 0.375. The van der Waals surface area contributed by atoms with Crippen molar-refractivity contribution in [3.05, 3.63) is 54.4 Å². The number of rotatable bonds is 4. The molecular formula is C16H19N7. The molecule has 1 saturated heterocycles. The van der Waals surface area contributed by atoms with E-state index in [0.29, 0.717) is 12.5 Å². The van der Waals surface area contributed by atoms with Gasteiger partial charge in [-0.15, -0.1) is 5.10 Å². The summed E-state index contributed by atoms with van der Waals surface area (Å²) < 4.78 is 3.68. The summed E-state index contributed by atoms with van der Waals surface area (Å²) in [6, 6.07) is 8.15. The molecule has 118 valence electrons. The van der Waals surface area contributed by atoms with E-state index < -0.39 is 0 Å². The maximum absolute atomic E-state index is 4.37. The summed E-state index contributed by atoms with van der Waals surface area (Å²) in [5, 5.41) is 16.3. The smallest absolute Gasteiger partial charge is 0.138 e. The van der Waals surface area contributed by atoms with Gasteiger partial charge in [-0.05, 0) is 31.0 Å². The summed E-state index contributed by atoms with van der Waals surface area (Å²) in [5.41, 5.74) is 3.23. The third kappa shape index (κ3) is 3.00. The maximum atomic E-state index is 4.37. The molecule has 1 aromatic carbocycles. The van der Waals surface area contributed by atoms with Crippen LogP contribution in [0.1, 0.15) is 30.0 Å². The Balaban J connectivity index is 1.56. The van der Waals surface area contributed by atoms with Gasteiger partial charge in [0.1, 0.15) is 12.7 Å². The molecule has 0 saturated carbocycles. The Morgan fingerprint density at radius 2 is 2.22 bits per heavy atom. The zero-order valence-corrected chi connectivity index (χ0v) is 12.8. The lowest BCUT2D eigenvalue weighted by Gasteiger charge is -2.20. The largest absolute Gasteiger partial charge is 0.316 e. The molecule has 0 amide bonds. The van der Waals surface area contributed by atoms with Crippen LogP contribution in [0.4, 0.5) is 0 Å². The number of nitrogens with one attached hydrogen (secondary N) is 1. The molecule has 3 heterocycles. The predicted octanol–water partition coefficient (Wildman–Crippen LogP) is 1.37. The summed E-state index contributed by atoms with van der Waals surface area (Å²) in [4.78, 5) is 4.02. The molecule has 2 aromatic heterocycles. The molecule has 1 aliphatic rings. The lowest BCUT2D eigenvalue weighted by Crippen LogP contribution is -2.28. The van der Waals surface area contributed by atoms with Crippen LogP contribution in [-0.4, -0.2) is 42.8 Å². The second-order valence-electron chi connectivity index (χ2n) is 5.85. The summed E-state index contributed by atoms with van der Waals surface area (Å²) in [6.07, 6.45) is 7.70. The lowest BCUT2D eigenvalue weighted by atomic mass is 9.97. The highest BCUT2D eigenvalue weighted by Crippen LogP contribution is 2.21. The molecule has 1 atom stereocenters. The molecule has 0 bridgehead atoms. The molecule has 1 fully saturated rings. The van der Waals surface area contributed by atoms with Crippen LogP contribution < -0.4 is 5.32 Å². The molecule has 7 nitrogen and oxygen atoms in total. The Labute approximate surface area is 134 Å². The number of hydrogen-bond acceptors (Lipinski definition) is 5. The van der Waals surface area contributed by atoms with Crippen LogP contribution in [0.3, 0.4) is 0 Å². The van der Waals surface area contributed by atoms with Crippen LogP contribution in [-0.2, 0) is 6.54 Å². The Hall–Kier alpha value is -2.54. The summed E-state index contributed by atoms with van der Waals surface area (Å²) in [5.74, 6) is 0.475. The first kappa shape index (κ1) is 14.1. The third-order valence-electron chi connectivity index (χ3n) is 4.26. The Morgan fingerprint density at radius 3 is 3.04 bits per heavy atom. The van der Waals surface area contributed by atoms with E-state index in [0.717, 1.165) is 30.0 Å². The molecule has 1 aliphatic heterocycles. The van der Waals surface area contributed by atoms with Crippen LogP contribution in [0.25, 0.3) is 5.69 Å². The number of nitrogens with zero attached hydrogens (tertiary/aromatic N) is 6. The van der Waals surface area contributed by atoms with Gasteiger partial charge in [-0.3, -0.25) is 0 Å². The van der Waals surface area contributed by atoms with Crippen LogP contribution in [0.5, 0.6) is 0 Å². The van der Waals surface area contributed by atoms with Crippen LogP contribution in [0, 0.1) is 0 Å². The number of benzene rings is 1. The monoisotopic (exact) mass is 309 g/mol. The van der Waals surface area contributed by atoms with Crippen LogP contribution in [0.15, 0.2) is 43.1 Å². The highest BCUT2D eigenvalue weighted by molar-refractivity contribution is 5.39. The minimum atomic E-state index is 0.475.